The van der Waals surface area contributed by atoms with E-state index in [1.165, 1.54) is 23.9 Å². The normalized spacial score (nSPS) is 11.4. The van der Waals surface area contributed by atoms with Crippen molar-refractivity contribution in [2.24, 2.45) is 0 Å². The van der Waals surface area contributed by atoms with Crippen molar-refractivity contribution in [1.82, 2.24) is 0 Å². The van der Waals surface area contributed by atoms with E-state index >= 15 is 0 Å². The Balaban J connectivity index is 2.16. The molecule has 0 heterocycles. The van der Waals surface area contributed by atoms with Gasteiger partial charge < -0.3 is 5.11 Å². The third kappa shape index (κ3) is 4.01. The standard InChI is InChI=1S/C15H11F3O2S/c16-15(17,18)11-5-3-6-12(8-11)21-9-10-4-1-2-7-13(10)14(19)20/h1-8H,9H2,(H,19,20). The third-order valence-corrected chi connectivity index (χ3v) is 3.85. The average molecular weight is 312 g/mol. The highest BCUT2D eigenvalue weighted by molar-refractivity contribution is 7.98. The zero-order valence-corrected chi connectivity index (χ0v) is 11.5. The van der Waals surface area contributed by atoms with Crippen LogP contribution in [0.25, 0.3) is 0 Å². The molecular formula is C15H11F3O2S. The first-order valence-electron chi connectivity index (χ1n) is 5.99. The lowest BCUT2D eigenvalue weighted by Crippen LogP contribution is -2.04. The Morgan fingerprint density at radius 2 is 1.81 bits per heavy atom. The Bertz CT molecular complexity index is 653. The lowest BCUT2D eigenvalue weighted by atomic mass is 10.1. The average Bonchev–Trinajstić information content (AvgIpc) is 2.45. The van der Waals surface area contributed by atoms with Crippen LogP contribution in [0.15, 0.2) is 53.4 Å². The molecule has 110 valence electrons. The van der Waals surface area contributed by atoms with Crippen molar-refractivity contribution in [1.29, 1.82) is 0 Å². The van der Waals surface area contributed by atoms with Crippen molar-refractivity contribution in [3.05, 3.63) is 65.2 Å². The van der Waals surface area contributed by atoms with Crippen molar-refractivity contribution in [3.63, 3.8) is 0 Å². The highest BCUT2D eigenvalue weighted by atomic mass is 32.2. The molecule has 0 atom stereocenters. The fraction of sp³-hybridized carbons (Fsp3) is 0.133. The minimum absolute atomic E-state index is 0.164. The largest absolute Gasteiger partial charge is 0.478 e. The van der Waals surface area contributed by atoms with Crippen LogP contribution in [0.4, 0.5) is 13.2 Å². The van der Waals surface area contributed by atoms with E-state index in [0.29, 0.717) is 16.2 Å². The number of benzene rings is 2. The fourth-order valence-corrected chi connectivity index (χ4v) is 2.74. The molecule has 6 heteroatoms. The molecule has 0 amide bonds. The van der Waals surface area contributed by atoms with Crippen LogP contribution < -0.4 is 0 Å². The highest BCUT2D eigenvalue weighted by Gasteiger charge is 2.30. The van der Waals surface area contributed by atoms with Gasteiger partial charge in [-0.05, 0) is 29.8 Å². The molecule has 0 aliphatic heterocycles. The second-order valence-corrected chi connectivity index (χ2v) is 5.33. The minimum Gasteiger partial charge on any atom is -0.478 e. The Kier molecular flexibility index (Phi) is 4.57. The second-order valence-electron chi connectivity index (χ2n) is 4.28. The van der Waals surface area contributed by atoms with Gasteiger partial charge in [-0.2, -0.15) is 13.2 Å². The molecular weight excluding hydrogens is 301 g/mol. The number of alkyl halides is 3. The number of rotatable bonds is 4. The number of hydrogen-bond donors (Lipinski definition) is 1. The summed E-state index contributed by atoms with van der Waals surface area (Å²) in [6.07, 6.45) is -4.38. The Hall–Kier alpha value is -1.95. The van der Waals surface area contributed by atoms with Crippen LogP contribution in [0.2, 0.25) is 0 Å². The SMILES string of the molecule is O=C(O)c1ccccc1CSc1cccc(C(F)(F)F)c1. The van der Waals surface area contributed by atoms with E-state index in [1.54, 1.807) is 24.3 Å². The third-order valence-electron chi connectivity index (χ3n) is 2.80. The van der Waals surface area contributed by atoms with E-state index in [-0.39, 0.29) is 5.56 Å². The van der Waals surface area contributed by atoms with Crippen LogP contribution in [0.3, 0.4) is 0 Å². The fourth-order valence-electron chi connectivity index (χ4n) is 1.78. The monoisotopic (exact) mass is 312 g/mol. The van der Waals surface area contributed by atoms with Crippen LogP contribution >= 0.6 is 11.8 Å². The molecule has 2 rings (SSSR count). The zero-order valence-electron chi connectivity index (χ0n) is 10.7. The summed E-state index contributed by atoms with van der Waals surface area (Å²) in [7, 11) is 0. The summed E-state index contributed by atoms with van der Waals surface area (Å²) < 4.78 is 37.8. The van der Waals surface area contributed by atoms with E-state index < -0.39 is 17.7 Å². The van der Waals surface area contributed by atoms with Gasteiger partial charge in [0.1, 0.15) is 0 Å². The number of carboxylic acid groups (broad SMARTS) is 1. The molecule has 0 aliphatic carbocycles. The van der Waals surface area contributed by atoms with Gasteiger partial charge in [0.05, 0.1) is 11.1 Å². The van der Waals surface area contributed by atoms with Gasteiger partial charge in [0, 0.05) is 10.6 Å². The summed E-state index contributed by atoms with van der Waals surface area (Å²) >= 11 is 1.17. The topological polar surface area (TPSA) is 37.3 Å². The minimum atomic E-state index is -4.38. The molecule has 0 aromatic heterocycles. The molecule has 0 radical (unpaired) electrons. The molecule has 21 heavy (non-hydrogen) atoms. The van der Waals surface area contributed by atoms with Crippen LogP contribution in [0.5, 0.6) is 0 Å². The summed E-state index contributed by atoms with van der Waals surface area (Å²) in [6.45, 7) is 0. The van der Waals surface area contributed by atoms with Crippen molar-refractivity contribution in [2.45, 2.75) is 16.8 Å². The first kappa shape index (κ1) is 15.4. The smallest absolute Gasteiger partial charge is 0.416 e. The first-order chi connectivity index (χ1) is 9.88. The molecule has 1 N–H and O–H groups in total. The highest BCUT2D eigenvalue weighted by Crippen LogP contribution is 2.33. The van der Waals surface area contributed by atoms with Gasteiger partial charge in [0.25, 0.3) is 0 Å². The van der Waals surface area contributed by atoms with E-state index in [9.17, 15) is 18.0 Å². The Morgan fingerprint density at radius 1 is 1.10 bits per heavy atom. The molecule has 0 saturated carbocycles. The lowest BCUT2D eigenvalue weighted by molar-refractivity contribution is -0.137. The molecule has 0 fully saturated rings. The van der Waals surface area contributed by atoms with Crippen LogP contribution in [-0.4, -0.2) is 11.1 Å². The number of aromatic carboxylic acids is 1. The Morgan fingerprint density at radius 3 is 2.48 bits per heavy atom. The summed E-state index contributed by atoms with van der Waals surface area (Å²) in [6, 6.07) is 11.4. The molecule has 0 bridgehead atoms. The zero-order chi connectivity index (χ0) is 15.5. The number of hydrogen-bond acceptors (Lipinski definition) is 2. The quantitative estimate of drug-likeness (QED) is 0.832. The van der Waals surface area contributed by atoms with Gasteiger partial charge in [-0.15, -0.1) is 11.8 Å². The molecule has 0 saturated heterocycles. The molecule has 0 spiro atoms. The van der Waals surface area contributed by atoms with Crippen molar-refractivity contribution >= 4 is 17.7 Å². The summed E-state index contributed by atoms with van der Waals surface area (Å²) in [5, 5.41) is 9.06. The Labute approximate surface area is 123 Å². The van der Waals surface area contributed by atoms with Gasteiger partial charge in [-0.25, -0.2) is 4.79 Å². The number of carbonyl (C=O) groups is 1. The number of halogens is 3. The van der Waals surface area contributed by atoms with Crippen LogP contribution in [-0.2, 0) is 11.9 Å². The predicted octanol–water partition coefficient (Wildman–Crippen LogP) is 4.70. The van der Waals surface area contributed by atoms with Gasteiger partial charge >= 0.3 is 12.1 Å². The van der Waals surface area contributed by atoms with Crippen molar-refractivity contribution < 1.29 is 23.1 Å². The summed E-state index contributed by atoms with van der Waals surface area (Å²) in [5.41, 5.74) is 0.0309. The maximum atomic E-state index is 12.6. The lowest BCUT2D eigenvalue weighted by Gasteiger charge is -2.09. The number of carboxylic acids is 1. The van der Waals surface area contributed by atoms with E-state index in [0.717, 1.165) is 12.1 Å². The van der Waals surface area contributed by atoms with Gasteiger partial charge in [0.2, 0.25) is 0 Å². The van der Waals surface area contributed by atoms with E-state index in [4.69, 9.17) is 5.11 Å². The van der Waals surface area contributed by atoms with Crippen molar-refractivity contribution in [2.75, 3.05) is 0 Å². The predicted molar refractivity (Wildman–Crippen MR) is 74.4 cm³/mol. The maximum Gasteiger partial charge on any atom is 0.416 e. The van der Waals surface area contributed by atoms with Gasteiger partial charge in [-0.3, -0.25) is 0 Å². The van der Waals surface area contributed by atoms with E-state index in [2.05, 4.69) is 0 Å². The summed E-state index contributed by atoms with van der Waals surface area (Å²) in [5.74, 6) is -0.751. The first-order valence-corrected chi connectivity index (χ1v) is 6.98. The summed E-state index contributed by atoms with van der Waals surface area (Å²) in [4.78, 5) is 11.5. The number of thioether (sulfide) groups is 1. The van der Waals surface area contributed by atoms with E-state index in [1.807, 2.05) is 0 Å². The van der Waals surface area contributed by atoms with Crippen LogP contribution in [0.1, 0.15) is 21.5 Å². The molecule has 2 nitrogen and oxygen atoms in total. The van der Waals surface area contributed by atoms with Gasteiger partial charge in [-0.1, -0.05) is 24.3 Å². The maximum absolute atomic E-state index is 12.6. The molecule has 2 aromatic rings. The molecule has 2 aromatic carbocycles. The van der Waals surface area contributed by atoms with Gasteiger partial charge in [0.15, 0.2) is 0 Å². The molecule has 0 unspecified atom stereocenters. The second kappa shape index (κ2) is 6.22. The molecule has 0 aliphatic rings. The van der Waals surface area contributed by atoms with Crippen molar-refractivity contribution in [3.8, 4) is 0 Å². The van der Waals surface area contributed by atoms with Crippen LogP contribution in [0, 0.1) is 0 Å².